The Labute approximate surface area is 182 Å². The molecular formula is C24H32N6O. The number of aromatic amines is 2. The molecule has 1 atom stereocenters. The first kappa shape index (κ1) is 21.3. The quantitative estimate of drug-likeness (QED) is 0.339. The van der Waals surface area contributed by atoms with Crippen molar-refractivity contribution in [1.29, 1.82) is 0 Å². The van der Waals surface area contributed by atoms with E-state index in [9.17, 15) is 5.11 Å². The fourth-order valence-electron chi connectivity index (χ4n) is 4.06. The topological polar surface area (TPSA) is 107 Å². The third-order valence-electron chi connectivity index (χ3n) is 6.04. The zero-order valence-corrected chi connectivity index (χ0v) is 18.8. The molecule has 31 heavy (non-hydrogen) atoms. The standard InChI is InChI=1S/C24H32N6O/c1-5-24(3,31)9-6-10-30(4)14-16-7-8-19-17(11-16)12-20(28-19)18-13-21(25)29-23-22(18)26-15(2)27-23/h7-8,11-13,28,31H,5-6,9-10,14H2,1-4H3,(H3,25,26,27,29). The first-order valence-electron chi connectivity index (χ1n) is 10.9. The molecule has 0 saturated carbocycles. The number of imidazole rings is 1. The fourth-order valence-corrected chi connectivity index (χ4v) is 4.06. The Morgan fingerprint density at radius 1 is 1.16 bits per heavy atom. The van der Waals surface area contributed by atoms with Crippen LogP contribution in [0.25, 0.3) is 33.3 Å². The Morgan fingerprint density at radius 3 is 2.74 bits per heavy atom. The van der Waals surface area contributed by atoms with Crippen molar-refractivity contribution in [3.8, 4) is 11.3 Å². The molecule has 3 heterocycles. The maximum atomic E-state index is 10.2. The summed E-state index contributed by atoms with van der Waals surface area (Å²) in [6, 6.07) is 10.6. The number of benzene rings is 1. The lowest BCUT2D eigenvalue weighted by Gasteiger charge is -2.23. The van der Waals surface area contributed by atoms with Gasteiger partial charge in [-0.1, -0.05) is 13.0 Å². The number of aromatic nitrogens is 4. The van der Waals surface area contributed by atoms with Crippen LogP contribution >= 0.6 is 0 Å². The molecule has 4 aromatic rings. The fraction of sp³-hybridized carbons (Fsp3) is 0.417. The Morgan fingerprint density at radius 2 is 1.97 bits per heavy atom. The summed E-state index contributed by atoms with van der Waals surface area (Å²) in [5.41, 5.74) is 11.3. The lowest BCUT2D eigenvalue weighted by atomic mass is 9.97. The van der Waals surface area contributed by atoms with Gasteiger partial charge in [0.05, 0.1) is 11.1 Å². The summed E-state index contributed by atoms with van der Waals surface area (Å²) in [6.07, 6.45) is 2.60. The van der Waals surface area contributed by atoms with Crippen molar-refractivity contribution in [2.24, 2.45) is 0 Å². The highest BCUT2D eigenvalue weighted by molar-refractivity contribution is 5.95. The number of pyridine rings is 1. The number of nitrogens with one attached hydrogen (secondary N) is 2. The van der Waals surface area contributed by atoms with Crippen LogP contribution in [0, 0.1) is 6.92 Å². The molecule has 1 aromatic carbocycles. The predicted octanol–water partition coefficient (Wildman–Crippen LogP) is 4.37. The zero-order valence-electron chi connectivity index (χ0n) is 18.8. The van der Waals surface area contributed by atoms with Gasteiger partial charge < -0.3 is 25.7 Å². The van der Waals surface area contributed by atoms with Crippen molar-refractivity contribution < 1.29 is 5.11 Å². The molecule has 7 nitrogen and oxygen atoms in total. The van der Waals surface area contributed by atoms with Crippen molar-refractivity contribution in [1.82, 2.24) is 24.8 Å². The molecule has 0 bridgehead atoms. The van der Waals surface area contributed by atoms with E-state index in [0.29, 0.717) is 11.5 Å². The third-order valence-corrected chi connectivity index (χ3v) is 6.04. The van der Waals surface area contributed by atoms with Gasteiger partial charge in [-0.25, -0.2) is 9.97 Å². The maximum absolute atomic E-state index is 10.2. The van der Waals surface area contributed by atoms with Gasteiger partial charge in [0.1, 0.15) is 11.6 Å². The van der Waals surface area contributed by atoms with Crippen LogP contribution in [0.4, 0.5) is 5.82 Å². The minimum Gasteiger partial charge on any atom is -0.390 e. The normalized spacial score (nSPS) is 14.0. The number of anilines is 1. The van der Waals surface area contributed by atoms with E-state index in [1.165, 1.54) is 5.56 Å². The van der Waals surface area contributed by atoms with E-state index in [1.54, 1.807) is 0 Å². The van der Waals surface area contributed by atoms with E-state index >= 15 is 0 Å². The summed E-state index contributed by atoms with van der Waals surface area (Å²) in [4.78, 5) is 17.9. The molecular weight excluding hydrogens is 388 g/mol. The summed E-state index contributed by atoms with van der Waals surface area (Å²) < 4.78 is 0. The van der Waals surface area contributed by atoms with Gasteiger partial charge in [0.2, 0.25) is 0 Å². The van der Waals surface area contributed by atoms with Crippen molar-refractivity contribution in [2.45, 2.75) is 52.2 Å². The van der Waals surface area contributed by atoms with Crippen LogP contribution in [-0.4, -0.2) is 49.1 Å². The van der Waals surface area contributed by atoms with E-state index < -0.39 is 5.60 Å². The van der Waals surface area contributed by atoms with E-state index in [-0.39, 0.29) is 0 Å². The number of nitrogens with two attached hydrogens (primary N) is 1. The summed E-state index contributed by atoms with van der Waals surface area (Å²) in [7, 11) is 2.13. The number of fused-ring (bicyclic) bond motifs is 2. The number of H-pyrrole nitrogens is 2. The van der Waals surface area contributed by atoms with Gasteiger partial charge in [-0.05, 0) is 76.5 Å². The molecule has 7 heteroatoms. The van der Waals surface area contributed by atoms with Crippen LogP contribution in [0.15, 0.2) is 30.3 Å². The second-order valence-corrected chi connectivity index (χ2v) is 8.91. The van der Waals surface area contributed by atoms with Gasteiger partial charge in [-0.2, -0.15) is 0 Å². The number of aliphatic hydroxyl groups is 1. The Hall–Kier alpha value is -2.90. The molecule has 0 aliphatic carbocycles. The summed E-state index contributed by atoms with van der Waals surface area (Å²) >= 11 is 0. The van der Waals surface area contributed by atoms with E-state index in [2.05, 4.69) is 56.1 Å². The Kier molecular flexibility index (Phi) is 5.73. The molecule has 5 N–H and O–H groups in total. The van der Waals surface area contributed by atoms with Gasteiger partial charge in [-0.3, -0.25) is 0 Å². The zero-order chi connectivity index (χ0) is 22.2. The largest absolute Gasteiger partial charge is 0.390 e. The molecule has 0 fully saturated rings. The van der Waals surface area contributed by atoms with Gasteiger partial charge >= 0.3 is 0 Å². The molecule has 0 saturated heterocycles. The van der Waals surface area contributed by atoms with Gasteiger partial charge in [-0.15, -0.1) is 0 Å². The van der Waals surface area contributed by atoms with E-state index in [0.717, 1.165) is 65.9 Å². The number of nitrogen functional groups attached to an aromatic ring is 1. The average Bonchev–Trinajstić information content (AvgIpc) is 3.29. The van der Waals surface area contributed by atoms with Crippen LogP contribution in [0.2, 0.25) is 0 Å². The first-order chi connectivity index (χ1) is 14.7. The van der Waals surface area contributed by atoms with Crippen LogP contribution < -0.4 is 5.73 Å². The summed E-state index contributed by atoms with van der Waals surface area (Å²) in [5, 5.41) is 11.3. The second-order valence-electron chi connectivity index (χ2n) is 8.91. The molecule has 164 valence electrons. The molecule has 0 aliphatic rings. The highest BCUT2D eigenvalue weighted by atomic mass is 16.3. The van der Waals surface area contributed by atoms with Crippen LogP contribution in [-0.2, 0) is 6.54 Å². The van der Waals surface area contributed by atoms with E-state index in [1.807, 2.05) is 26.8 Å². The van der Waals surface area contributed by atoms with Crippen LogP contribution in [0.3, 0.4) is 0 Å². The average molecular weight is 421 g/mol. The molecule has 0 spiro atoms. The van der Waals surface area contributed by atoms with E-state index in [4.69, 9.17) is 5.73 Å². The first-order valence-corrected chi connectivity index (χ1v) is 10.9. The van der Waals surface area contributed by atoms with Gasteiger partial charge in [0, 0.05) is 28.7 Å². The number of hydrogen-bond donors (Lipinski definition) is 4. The molecule has 1 unspecified atom stereocenters. The summed E-state index contributed by atoms with van der Waals surface area (Å²) in [5.74, 6) is 1.27. The third kappa shape index (κ3) is 4.73. The van der Waals surface area contributed by atoms with Crippen LogP contribution in [0.5, 0.6) is 0 Å². The minimum atomic E-state index is -0.559. The predicted molar refractivity (Wildman–Crippen MR) is 127 cm³/mol. The Bertz CT molecular complexity index is 1210. The molecule has 0 radical (unpaired) electrons. The second kappa shape index (κ2) is 8.32. The van der Waals surface area contributed by atoms with Gasteiger partial charge in [0.25, 0.3) is 0 Å². The summed E-state index contributed by atoms with van der Waals surface area (Å²) in [6.45, 7) is 7.69. The number of aryl methyl sites for hydroxylation is 1. The Balaban J connectivity index is 1.53. The van der Waals surface area contributed by atoms with Crippen molar-refractivity contribution in [2.75, 3.05) is 19.3 Å². The SMILES string of the molecule is CCC(C)(O)CCCN(C)Cc1ccc2[nH]c(-c3cc(N)nc4nc(C)[nH]c34)cc2c1. The highest BCUT2D eigenvalue weighted by Gasteiger charge is 2.17. The molecule has 0 amide bonds. The number of rotatable bonds is 8. The van der Waals surface area contributed by atoms with Crippen molar-refractivity contribution in [3.05, 3.63) is 41.7 Å². The number of nitrogens with zero attached hydrogens (tertiary/aromatic N) is 3. The van der Waals surface area contributed by atoms with Crippen molar-refractivity contribution in [3.63, 3.8) is 0 Å². The lowest BCUT2D eigenvalue weighted by Crippen LogP contribution is -2.26. The lowest BCUT2D eigenvalue weighted by molar-refractivity contribution is 0.0424. The number of hydrogen-bond acceptors (Lipinski definition) is 5. The molecule has 3 aromatic heterocycles. The molecule has 0 aliphatic heterocycles. The maximum Gasteiger partial charge on any atom is 0.180 e. The van der Waals surface area contributed by atoms with Crippen molar-refractivity contribution >= 4 is 27.9 Å². The highest BCUT2D eigenvalue weighted by Crippen LogP contribution is 2.30. The monoisotopic (exact) mass is 420 g/mol. The van der Waals surface area contributed by atoms with Gasteiger partial charge in [0.15, 0.2) is 5.65 Å². The molecule has 4 rings (SSSR count). The van der Waals surface area contributed by atoms with Crippen LogP contribution in [0.1, 0.15) is 44.5 Å². The smallest absolute Gasteiger partial charge is 0.180 e. The minimum absolute atomic E-state index is 0.456.